The maximum absolute atomic E-state index is 11.8. The maximum Gasteiger partial charge on any atom is 0.293 e. The minimum absolute atomic E-state index is 0.174. The molecule has 1 aromatic carbocycles. The van der Waals surface area contributed by atoms with E-state index in [0.717, 1.165) is 18.9 Å². The molecule has 0 aliphatic heterocycles. The van der Waals surface area contributed by atoms with Gasteiger partial charge in [0.15, 0.2) is 0 Å². The summed E-state index contributed by atoms with van der Waals surface area (Å²) < 4.78 is 25.7. The molecule has 0 saturated heterocycles. The fourth-order valence-corrected chi connectivity index (χ4v) is 3.66. The third kappa shape index (κ3) is 3.82. The number of nitrogens with two attached hydrogens (primary N) is 1. The van der Waals surface area contributed by atoms with E-state index >= 15 is 0 Å². The van der Waals surface area contributed by atoms with Gasteiger partial charge < -0.3 is 11.1 Å². The Kier molecular flexibility index (Phi) is 5.40. The van der Waals surface area contributed by atoms with Gasteiger partial charge in [-0.3, -0.25) is 14.9 Å². The number of hydrogen-bond donors (Lipinski definition) is 3. The molecule has 10 heteroatoms. The Hall–Kier alpha value is -2.20. The van der Waals surface area contributed by atoms with E-state index in [9.17, 15) is 23.3 Å². The Labute approximate surface area is 139 Å². The highest BCUT2D eigenvalue weighted by atomic mass is 32.2. The number of nitrogens with one attached hydrogen (secondary N) is 2. The first-order valence-electron chi connectivity index (χ1n) is 7.54. The lowest BCUT2D eigenvalue weighted by atomic mass is 9.84. The summed E-state index contributed by atoms with van der Waals surface area (Å²) in [6.45, 7) is 0. The van der Waals surface area contributed by atoms with Crippen molar-refractivity contribution in [3.63, 3.8) is 0 Å². The average Bonchev–Trinajstić information content (AvgIpc) is 2.55. The Morgan fingerprint density at radius 3 is 2.58 bits per heavy atom. The minimum Gasteiger partial charge on any atom is -0.376 e. The highest BCUT2D eigenvalue weighted by Crippen LogP contribution is 2.32. The molecule has 0 radical (unpaired) electrons. The Bertz CT molecular complexity index is 750. The molecule has 9 nitrogen and oxygen atoms in total. The number of nitrogens with zero attached hydrogens (tertiary/aromatic N) is 1. The van der Waals surface area contributed by atoms with Gasteiger partial charge in [-0.1, -0.05) is 12.8 Å². The van der Waals surface area contributed by atoms with Gasteiger partial charge in [0.25, 0.3) is 5.69 Å². The number of nitro benzene ring substituents is 1. The monoisotopic (exact) mass is 356 g/mol. The third-order valence-electron chi connectivity index (χ3n) is 4.22. The molecule has 132 valence electrons. The van der Waals surface area contributed by atoms with E-state index in [0.29, 0.717) is 12.8 Å². The molecule has 0 bridgehead atoms. The van der Waals surface area contributed by atoms with Crippen LogP contribution >= 0.6 is 0 Å². The highest BCUT2D eigenvalue weighted by Gasteiger charge is 2.31. The largest absolute Gasteiger partial charge is 0.376 e. The molecule has 0 aromatic heterocycles. The van der Waals surface area contributed by atoms with E-state index in [4.69, 9.17) is 5.73 Å². The Morgan fingerprint density at radius 1 is 1.33 bits per heavy atom. The predicted molar refractivity (Wildman–Crippen MR) is 87.9 cm³/mol. The number of sulfonamides is 1. The van der Waals surface area contributed by atoms with Crippen LogP contribution in [0.15, 0.2) is 23.1 Å². The molecule has 1 aromatic rings. The first-order chi connectivity index (χ1) is 11.3. The van der Waals surface area contributed by atoms with Gasteiger partial charge in [0.05, 0.1) is 15.7 Å². The van der Waals surface area contributed by atoms with Crippen LogP contribution in [0, 0.1) is 16.0 Å². The molecule has 0 spiro atoms. The summed E-state index contributed by atoms with van der Waals surface area (Å²) in [6.07, 6.45) is 3.07. The summed E-state index contributed by atoms with van der Waals surface area (Å²) in [4.78, 5) is 22.0. The van der Waals surface area contributed by atoms with Crippen molar-refractivity contribution in [3.8, 4) is 0 Å². The van der Waals surface area contributed by atoms with E-state index in [2.05, 4.69) is 10.0 Å². The molecule has 1 saturated carbocycles. The number of rotatable bonds is 6. The zero-order valence-corrected chi connectivity index (χ0v) is 14.0. The van der Waals surface area contributed by atoms with E-state index < -0.39 is 26.8 Å². The molecule has 1 aliphatic carbocycles. The van der Waals surface area contributed by atoms with Gasteiger partial charge in [-0.05, 0) is 32.0 Å². The molecular formula is C14H20N4O5S. The number of carbonyl (C=O) groups excluding carboxylic acids is 1. The molecule has 4 N–H and O–H groups in total. The number of carbonyl (C=O) groups is 1. The molecular weight excluding hydrogens is 336 g/mol. The van der Waals surface area contributed by atoms with Crippen LogP contribution in [0.3, 0.4) is 0 Å². The maximum atomic E-state index is 11.8. The standard InChI is InChI=1S/C14H20N4O5S/c1-16-24(22,23)9-6-7-12(13(8-9)18(20)21)17-11-5-3-2-4-10(11)14(15)19/h6-8,10-11,16-17H,2-5H2,1H3,(H2,15,19)/t10-,11-/m1/s1. The summed E-state index contributed by atoms with van der Waals surface area (Å²) in [7, 11) is -2.56. The first kappa shape index (κ1) is 18.1. The Morgan fingerprint density at radius 2 is 2.00 bits per heavy atom. The topological polar surface area (TPSA) is 144 Å². The van der Waals surface area contributed by atoms with Crippen LogP contribution in [-0.4, -0.2) is 32.3 Å². The lowest BCUT2D eigenvalue weighted by Crippen LogP contribution is -2.40. The van der Waals surface area contributed by atoms with Crippen molar-refractivity contribution in [2.75, 3.05) is 12.4 Å². The van der Waals surface area contributed by atoms with Crippen LogP contribution < -0.4 is 15.8 Å². The number of nitro groups is 1. The van der Waals surface area contributed by atoms with Gasteiger partial charge in [-0.15, -0.1) is 0 Å². The number of primary amides is 1. The van der Waals surface area contributed by atoms with Crippen LogP contribution in [0.5, 0.6) is 0 Å². The van der Waals surface area contributed by atoms with E-state index in [-0.39, 0.29) is 22.3 Å². The number of amides is 1. The van der Waals surface area contributed by atoms with Crippen molar-refractivity contribution < 1.29 is 18.1 Å². The van der Waals surface area contributed by atoms with E-state index in [1.165, 1.54) is 19.2 Å². The van der Waals surface area contributed by atoms with Gasteiger partial charge in [-0.25, -0.2) is 13.1 Å². The third-order valence-corrected chi connectivity index (χ3v) is 5.63. The van der Waals surface area contributed by atoms with E-state index in [1.807, 2.05) is 0 Å². The minimum atomic E-state index is -3.78. The van der Waals surface area contributed by atoms with Crippen molar-refractivity contribution in [2.45, 2.75) is 36.6 Å². The fraction of sp³-hybridized carbons (Fsp3) is 0.500. The first-order valence-corrected chi connectivity index (χ1v) is 9.02. The molecule has 1 aliphatic rings. The molecule has 1 fully saturated rings. The van der Waals surface area contributed by atoms with Gasteiger partial charge in [0.1, 0.15) is 5.69 Å². The van der Waals surface area contributed by atoms with Gasteiger partial charge in [-0.2, -0.15) is 0 Å². The van der Waals surface area contributed by atoms with Crippen molar-refractivity contribution in [1.29, 1.82) is 0 Å². The number of anilines is 1. The summed E-state index contributed by atoms with van der Waals surface area (Å²) in [5, 5.41) is 14.3. The second-order valence-corrected chi connectivity index (χ2v) is 7.57. The van der Waals surface area contributed by atoms with Crippen LogP contribution in [-0.2, 0) is 14.8 Å². The number of benzene rings is 1. The summed E-state index contributed by atoms with van der Waals surface area (Å²) in [5.41, 5.74) is 5.22. The van der Waals surface area contributed by atoms with Gasteiger partial charge in [0, 0.05) is 12.1 Å². The Balaban J connectivity index is 2.36. The lowest BCUT2D eigenvalue weighted by Gasteiger charge is -2.30. The average molecular weight is 356 g/mol. The fourth-order valence-electron chi connectivity index (χ4n) is 2.91. The van der Waals surface area contributed by atoms with Crippen molar-refractivity contribution in [2.24, 2.45) is 11.7 Å². The summed E-state index contributed by atoms with van der Waals surface area (Å²) in [6, 6.07) is 3.32. The van der Waals surface area contributed by atoms with E-state index in [1.54, 1.807) is 0 Å². The second-order valence-electron chi connectivity index (χ2n) is 5.69. The zero-order chi connectivity index (χ0) is 17.9. The molecule has 1 amide bonds. The lowest BCUT2D eigenvalue weighted by molar-refractivity contribution is -0.384. The molecule has 2 rings (SSSR count). The molecule has 0 heterocycles. The van der Waals surface area contributed by atoms with Crippen LogP contribution in [0.4, 0.5) is 11.4 Å². The quantitative estimate of drug-likeness (QED) is 0.511. The highest BCUT2D eigenvalue weighted by molar-refractivity contribution is 7.89. The normalized spacial score (nSPS) is 21.2. The smallest absolute Gasteiger partial charge is 0.293 e. The summed E-state index contributed by atoms with van der Waals surface area (Å²) in [5.74, 6) is -0.844. The SMILES string of the molecule is CNS(=O)(=O)c1ccc(N[C@@H]2CCCC[C@H]2C(N)=O)c([N+](=O)[O-])c1. The molecule has 24 heavy (non-hydrogen) atoms. The van der Waals surface area contributed by atoms with Crippen LogP contribution in [0.1, 0.15) is 25.7 Å². The van der Waals surface area contributed by atoms with Crippen molar-refractivity contribution in [3.05, 3.63) is 28.3 Å². The second kappa shape index (κ2) is 7.14. The summed E-state index contributed by atoms with van der Waals surface area (Å²) >= 11 is 0. The van der Waals surface area contributed by atoms with Crippen LogP contribution in [0.25, 0.3) is 0 Å². The zero-order valence-electron chi connectivity index (χ0n) is 13.2. The molecule has 2 atom stereocenters. The van der Waals surface area contributed by atoms with Crippen molar-refractivity contribution in [1.82, 2.24) is 4.72 Å². The van der Waals surface area contributed by atoms with Gasteiger partial charge in [0.2, 0.25) is 15.9 Å². The van der Waals surface area contributed by atoms with Crippen LogP contribution in [0.2, 0.25) is 0 Å². The predicted octanol–water partition coefficient (Wildman–Crippen LogP) is 0.959. The van der Waals surface area contributed by atoms with Gasteiger partial charge >= 0.3 is 0 Å². The van der Waals surface area contributed by atoms with Crippen molar-refractivity contribution >= 4 is 27.3 Å². The molecule has 0 unspecified atom stereocenters. The number of hydrogen-bond acceptors (Lipinski definition) is 6.